The van der Waals surface area contributed by atoms with E-state index in [0.29, 0.717) is 6.10 Å². The Labute approximate surface area is 107 Å². The molecule has 1 saturated heterocycles. The van der Waals surface area contributed by atoms with Gasteiger partial charge in [-0.05, 0) is 29.9 Å². The van der Waals surface area contributed by atoms with Crippen molar-refractivity contribution in [2.75, 3.05) is 13.2 Å². The van der Waals surface area contributed by atoms with Crippen molar-refractivity contribution in [3.05, 3.63) is 42.2 Å². The largest absolute Gasteiger partial charge is 0.377 e. The van der Waals surface area contributed by atoms with Crippen LogP contribution in [0.3, 0.4) is 0 Å². The Hall–Kier alpha value is -1.45. The topological polar surface area (TPSA) is 34.1 Å². The highest BCUT2D eigenvalue weighted by atomic mass is 16.5. The summed E-state index contributed by atoms with van der Waals surface area (Å²) in [6.45, 7) is 2.76. The number of benzene rings is 1. The molecule has 2 aromatic rings. The molecular formula is C15H18N2O. The molecule has 1 aromatic heterocycles. The molecule has 1 aliphatic rings. The molecule has 1 N–H and O–H groups in total. The van der Waals surface area contributed by atoms with E-state index in [1.165, 1.54) is 29.2 Å². The van der Waals surface area contributed by atoms with Crippen LogP contribution >= 0.6 is 0 Å². The number of rotatable bonds is 4. The van der Waals surface area contributed by atoms with E-state index in [4.69, 9.17) is 4.74 Å². The number of fused-ring (bicyclic) bond motifs is 1. The number of ether oxygens (including phenoxy) is 1. The highest BCUT2D eigenvalue weighted by Crippen LogP contribution is 2.17. The molecule has 1 atom stereocenters. The lowest BCUT2D eigenvalue weighted by atomic mass is 10.1. The molecular weight excluding hydrogens is 224 g/mol. The fourth-order valence-electron chi connectivity index (χ4n) is 2.52. The molecule has 1 aliphatic heterocycles. The molecule has 1 aromatic carbocycles. The Balaban J connectivity index is 1.66. The third-order valence-electron chi connectivity index (χ3n) is 3.48. The van der Waals surface area contributed by atoms with Gasteiger partial charge in [-0.2, -0.15) is 0 Å². The third-order valence-corrected chi connectivity index (χ3v) is 3.48. The molecule has 0 bridgehead atoms. The molecule has 94 valence electrons. The van der Waals surface area contributed by atoms with Crippen LogP contribution in [0.1, 0.15) is 18.4 Å². The van der Waals surface area contributed by atoms with E-state index in [1.807, 2.05) is 12.4 Å². The van der Waals surface area contributed by atoms with Gasteiger partial charge in [-0.25, -0.2) is 0 Å². The molecule has 0 amide bonds. The number of nitrogens with zero attached hydrogens (tertiary/aromatic N) is 1. The quantitative estimate of drug-likeness (QED) is 0.894. The van der Waals surface area contributed by atoms with Gasteiger partial charge in [0.2, 0.25) is 0 Å². The molecule has 0 radical (unpaired) electrons. The van der Waals surface area contributed by atoms with Crippen LogP contribution < -0.4 is 5.32 Å². The molecule has 3 rings (SSSR count). The number of aromatic nitrogens is 1. The van der Waals surface area contributed by atoms with Crippen molar-refractivity contribution in [2.45, 2.75) is 25.5 Å². The van der Waals surface area contributed by atoms with E-state index in [1.54, 1.807) is 0 Å². The maximum Gasteiger partial charge on any atom is 0.0700 e. The van der Waals surface area contributed by atoms with Crippen LogP contribution in [-0.2, 0) is 11.3 Å². The molecule has 1 fully saturated rings. The van der Waals surface area contributed by atoms with Gasteiger partial charge in [0.05, 0.1) is 6.10 Å². The van der Waals surface area contributed by atoms with Crippen LogP contribution in [-0.4, -0.2) is 24.2 Å². The minimum absolute atomic E-state index is 0.404. The minimum Gasteiger partial charge on any atom is -0.377 e. The van der Waals surface area contributed by atoms with Gasteiger partial charge in [0.15, 0.2) is 0 Å². The highest BCUT2D eigenvalue weighted by molar-refractivity contribution is 5.84. The van der Waals surface area contributed by atoms with Gasteiger partial charge in [-0.1, -0.05) is 18.2 Å². The van der Waals surface area contributed by atoms with Crippen molar-refractivity contribution < 1.29 is 4.74 Å². The smallest absolute Gasteiger partial charge is 0.0700 e. The third kappa shape index (κ3) is 2.52. The first-order chi connectivity index (χ1) is 8.93. The Morgan fingerprint density at radius 3 is 3.22 bits per heavy atom. The lowest BCUT2D eigenvalue weighted by Crippen LogP contribution is -2.25. The first-order valence-corrected chi connectivity index (χ1v) is 6.57. The molecule has 2 heterocycles. The van der Waals surface area contributed by atoms with E-state index in [2.05, 4.69) is 34.6 Å². The molecule has 3 nitrogen and oxygen atoms in total. The molecule has 1 unspecified atom stereocenters. The standard InChI is InChI=1S/C15H18N2O/c1-3-12-9-16-7-6-15(12)13(4-1)10-17-11-14-5-2-8-18-14/h1,3-4,6-7,9,14,17H,2,5,8,10-11H2. The van der Waals surface area contributed by atoms with Gasteiger partial charge in [0.1, 0.15) is 0 Å². The van der Waals surface area contributed by atoms with Crippen molar-refractivity contribution in [2.24, 2.45) is 0 Å². The predicted molar refractivity (Wildman–Crippen MR) is 72.4 cm³/mol. The highest BCUT2D eigenvalue weighted by Gasteiger charge is 2.14. The molecule has 18 heavy (non-hydrogen) atoms. The van der Waals surface area contributed by atoms with Gasteiger partial charge in [0, 0.05) is 37.5 Å². The van der Waals surface area contributed by atoms with Gasteiger partial charge in [0.25, 0.3) is 0 Å². The van der Waals surface area contributed by atoms with Crippen molar-refractivity contribution >= 4 is 10.8 Å². The predicted octanol–water partition coefficient (Wildman–Crippen LogP) is 2.50. The fraction of sp³-hybridized carbons (Fsp3) is 0.400. The summed E-state index contributed by atoms with van der Waals surface area (Å²) in [5.74, 6) is 0. The Kier molecular flexibility index (Phi) is 3.53. The zero-order valence-electron chi connectivity index (χ0n) is 10.4. The zero-order valence-corrected chi connectivity index (χ0v) is 10.4. The lowest BCUT2D eigenvalue weighted by Gasteiger charge is -2.12. The van der Waals surface area contributed by atoms with Crippen molar-refractivity contribution in [1.82, 2.24) is 10.3 Å². The number of nitrogens with one attached hydrogen (secondary N) is 1. The first-order valence-electron chi connectivity index (χ1n) is 6.57. The normalized spacial score (nSPS) is 19.4. The maximum absolute atomic E-state index is 5.61. The van der Waals surface area contributed by atoms with Gasteiger partial charge < -0.3 is 10.1 Å². The Morgan fingerprint density at radius 1 is 1.33 bits per heavy atom. The number of hydrogen-bond donors (Lipinski definition) is 1. The van der Waals surface area contributed by atoms with Crippen LogP contribution in [0.2, 0.25) is 0 Å². The Bertz CT molecular complexity index is 515. The maximum atomic E-state index is 5.61. The first kappa shape index (κ1) is 11.6. The minimum atomic E-state index is 0.404. The van der Waals surface area contributed by atoms with E-state index in [0.717, 1.165) is 19.7 Å². The molecule has 3 heteroatoms. The van der Waals surface area contributed by atoms with Crippen LogP contribution in [0, 0.1) is 0 Å². The average Bonchev–Trinajstić information content (AvgIpc) is 2.92. The summed E-state index contributed by atoms with van der Waals surface area (Å²) in [5, 5.41) is 5.98. The second-order valence-electron chi connectivity index (χ2n) is 4.78. The monoisotopic (exact) mass is 242 g/mol. The summed E-state index contributed by atoms with van der Waals surface area (Å²) in [4.78, 5) is 4.16. The fourth-order valence-corrected chi connectivity index (χ4v) is 2.52. The summed E-state index contributed by atoms with van der Waals surface area (Å²) in [5.41, 5.74) is 1.33. The second kappa shape index (κ2) is 5.46. The molecule has 0 saturated carbocycles. The summed E-state index contributed by atoms with van der Waals surface area (Å²) >= 11 is 0. The van der Waals surface area contributed by atoms with Crippen molar-refractivity contribution in [3.8, 4) is 0 Å². The zero-order chi connectivity index (χ0) is 12.2. The van der Waals surface area contributed by atoms with Gasteiger partial charge in [-0.15, -0.1) is 0 Å². The van der Waals surface area contributed by atoms with E-state index in [9.17, 15) is 0 Å². The summed E-state index contributed by atoms with van der Waals surface area (Å²) < 4.78 is 5.61. The number of pyridine rings is 1. The van der Waals surface area contributed by atoms with Gasteiger partial charge >= 0.3 is 0 Å². The van der Waals surface area contributed by atoms with E-state index < -0.39 is 0 Å². The number of hydrogen-bond acceptors (Lipinski definition) is 3. The van der Waals surface area contributed by atoms with Crippen LogP contribution in [0.5, 0.6) is 0 Å². The Morgan fingerprint density at radius 2 is 2.33 bits per heavy atom. The molecule has 0 aliphatic carbocycles. The summed E-state index contributed by atoms with van der Waals surface area (Å²) in [6, 6.07) is 8.45. The van der Waals surface area contributed by atoms with Gasteiger partial charge in [-0.3, -0.25) is 4.98 Å². The summed E-state index contributed by atoms with van der Waals surface area (Å²) in [7, 11) is 0. The van der Waals surface area contributed by atoms with Crippen LogP contribution in [0.15, 0.2) is 36.7 Å². The van der Waals surface area contributed by atoms with Crippen molar-refractivity contribution in [1.29, 1.82) is 0 Å². The SMILES string of the molecule is c1cc(CNCC2CCCO2)c2ccncc2c1. The van der Waals surface area contributed by atoms with E-state index in [-0.39, 0.29) is 0 Å². The average molecular weight is 242 g/mol. The lowest BCUT2D eigenvalue weighted by molar-refractivity contribution is 0.110. The molecule has 0 spiro atoms. The van der Waals surface area contributed by atoms with Crippen LogP contribution in [0.25, 0.3) is 10.8 Å². The second-order valence-corrected chi connectivity index (χ2v) is 4.78. The van der Waals surface area contributed by atoms with Crippen molar-refractivity contribution in [3.63, 3.8) is 0 Å². The summed E-state index contributed by atoms with van der Waals surface area (Å²) in [6.07, 6.45) is 6.56. The van der Waals surface area contributed by atoms with Crippen LogP contribution in [0.4, 0.5) is 0 Å². The van der Waals surface area contributed by atoms with E-state index >= 15 is 0 Å².